The highest BCUT2D eigenvalue weighted by Crippen LogP contribution is 2.37. The fourth-order valence-corrected chi connectivity index (χ4v) is 3.10. The molecule has 0 bridgehead atoms. The molecule has 0 N–H and O–H groups in total. The molecule has 1 rings (SSSR count). The summed E-state index contributed by atoms with van der Waals surface area (Å²) in [4.78, 5) is 0. The molecule has 1 saturated heterocycles. The van der Waals surface area contributed by atoms with Crippen LogP contribution in [0.2, 0.25) is 18.1 Å². The van der Waals surface area contributed by atoms with Gasteiger partial charge in [0.2, 0.25) is 0 Å². The lowest BCUT2D eigenvalue weighted by Crippen LogP contribution is -2.42. The Hall–Kier alpha value is 0.137. The van der Waals surface area contributed by atoms with E-state index in [1.807, 2.05) is 0 Å². The Morgan fingerprint density at radius 1 is 1.17 bits per heavy atom. The first-order valence-electron chi connectivity index (χ1n) is 7.55. The van der Waals surface area contributed by atoms with Gasteiger partial charge in [0.05, 0.1) is 18.8 Å². The van der Waals surface area contributed by atoms with Crippen LogP contribution >= 0.6 is 0 Å². The first-order valence-corrected chi connectivity index (χ1v) is 10.5. The van der Waals surface area contributed by atoms with Gasteiger partial charge in [0.15, 0.2) is 8.32 Å². The number of unbranched alkanes of at least 4 members (excludes halogenated alkanes) is 1. The van der Waals surface area contributed by atoms with E-state index < -0.39 is 8.32 Å². The maximum Gasteiger partial charge on any atom is 0.192 e. The number of rotatable bonds is 6. The molecule has 0 amide bonds. The normalized spacial score (nSPS) is 25.7. The van der Waals surface area contributed by atoms with Crippen LogP contribution in [0.25, 0.3) is 0 Å². The highest BCUT2D eigenvalue weighted by Gasteiger charge is 2.38. The van der Waals surface area contributed by atoms with Crippen LogP contribution in [0.5, 0.6) is 0 Å². The summed E-state index contributed by atoms with van der Waals surface area (Å²) in [6.07, 6.45) is 7.05. The van der Waals surface area contributed by atoms with E-state index in [1.165, 1.54) is 32.1 Å². The van der Waals surface area contributed by atoms with Crippen molar-refractivity contribution in [3.63, 3.8) is 0 Å². The predicted molar refractivity (Wildman–Crippen MR) is 80.6 cm³/mol. The number of hydrogen-bond acceptors (Lipinski definition) is 2. The van der Waals surface area contributed by atoms with Crippen molar-refractivity contribution in [1.82, 2.24) is 0 Å². The second-order valence-electron chi connectivity index (χ2n) is 7.17. The van der Waals surface area contributed by atoms with Gasteiger partial charge in [0.1, 0.15) is 0 Å². The third-order valence-electron chi connectivity index (χ3n) is 4.51. The summed E-state index contributed by atoms with van der Waals surface area (Å²) in [5, 5.41) is 0.299. The molecule has 1 aliphatic heterocycles. The lowest BCUT2D eigenvalue weighted by Gasteiger charge is -2.36. The van der Waals surface area contributed by atoms with E-state index >= 15 is 0 Å². The highest BCUT2D eigenvalue weighted by molar-refractivity contribution is 6.74. The van der Waals surface area contributed by atoms with Gasteiger partial charge >= 0.3 is 0 Å². The van der Waals surface area contributed by atoms with Crippen LogP contribution < -0.4 is 0 Å². The molecule has 0 aliphatic carbocycles. The maximum absolute atomic E-state index is 6.24. The SMILES string of the molecule is CCCC[C@H]1CC[C@H](CO[Si](C)(C)C(C)(C)C)O1. The van der Waals surface area contributed by atoms with Gasteiger partial charge in [-0.1, -0.05) is 40.5 Å². The summed E-state index contributed by atoms with van der Waals surface area (Å²) in [5.74, 6) is 0. The van der Waals surface area contributed by atoms with Crippen LogP contribution in [0.15, 0.2) is 0 Å². The molecule has 0 spiro atoms. The molecule has 1 aliphatic rings. The Morgan fingerprint density at radius 3 is 2.33 bits per heavy atom. The summed E-state index contributed by atoms with van der Waals surface area (Å²) in [6, 6.07) is 0. The standard InChI is InChI=1S/C15H32O2Si/c1-7-8-9-13-10-11-14(17-13)12-16-18(5,6)15(2,3)4/h13-14H,7-12H2,1-6H3/t13-,14+/m0/s1. The fraction of sp³-hybridized carbons (Fsp3) is 1.00. The Morgan fingerprint density at radius 2 is 1.78 bits per heavy atom. The van der Waals surface area contributed by atoms with E-state index in [1.54, 1.807) is 0 Å². The molecule has 1 heterocycles. The molecule has 0 aromatic rings. The average molecular weight is 273 g/mol. The molecule has 18 heavy (non-hydrogen) atoms. The number of ether oxygens (including phenoxy) is 1. The fourth-order valence-electron chi connectivity index (χ4n) is 2.06. The summed E-state index contributed by atoms with van der Waals surface area (Å²) in [5.41, 5.74) is 0. The lowest BCUT2D eigenvalue weighted by atomic mass is 10.1. The third kappa shape index (κ3) is 4.67. The number of hydrogen-bond donors (Lipinski definition) is 0. The van der Waals surface area contributed by atoms with Gasteiger partial charge in [-0.25, -0.2) is 0 Å². The zero-order valence-electron chi connectivity index (χ0n) is 13.2. The lowest BCUT2D eigenvalue weighted by molar-refractivity contribution is 0.0107. The minimum absolute atomic E-state index is 0.299. The van der Waals surface area contributed by atoms with E-state index in [0.29, 0.717) is 17.2 Å². The quantitative estimate of drug-likeness (QED) is 0.650. The molecule has 3 heteroatoms. The second kappa shape index (κ2) is 6.53. The summed E-state index contributed by atoms with van der Waals surface area (Å²) in [7, 11) is -1.60. The van der Waals surface area contributed by atoms with Crippen molar-refractivity contribution in [2.75, 3.05) is 6.61 Å². The van der Waals surface area contributed by atoms with Gasteiger partial charge in [-0.15, -0.1) is 0 Å². The zero-order chi connectivity index (χ0) is 13.8. The first kappa shape index (κ1) is 16.2. The Kier molecular flexibility index (Phi) is 5.88. The zero-order valence-corrected chi connectivity index (χ0v) is 14.2. The van der Waals surface area contributed by atoms with Crippen LogP contribution in [-0.4, -0.2) is 27.1 Å². The first-order chi connectivity index (χ1) is 8.26. The Labute approximate surface area is 115 Å². The van der Waals surface area contributed by atoms with E-state index in [2.05, 4.69) is 40.8 Å². The van der Waals surface area contributed by atoms with Gasteiger partial charge in [-0.3, -0.25) is 0 Å². The van der Waals surface area contributed by atoms with Gasteiger partial charge in [0.25, 0.3) is 0 Å². The van der Waals surface area contributed by atoms with Crippen molar-refractivity contribution in [1.29, 1.82) is 0 Å². The second-order valence-corrected chi connectivity index (χ2v) is 12.0. The minimum Gasteiger partial charge on any atom is -0.414 e. The smallest absolute Gasteiger partial charge is 0.192 e. The molecule has 2 nitrogen and oxygen atoms in total. The van der Waals surface area contributed by atoms with Crippen molar-refractivity contribution >= 4 is 8.32 Å². The highest BCUT2D eigenvalue weighted by atomic mass is 28.4. The van der Waals surface area contributed by atoms with Gasteiger partial charge < -0.3 is 9.16 Å². The molecule has 1 fully saturated rings. The van der Waals surface area contributed by atoms with E-state index in [-0.39, 0.29) is 0 Å². The van der Waals surface area contributed by atoms with Crippen LogP contribution in [0.1, 0.15) is 59.8 Å². The van der Waals surface area contributed by atoms with Crippen molar-refractivity contribution in [2.45, 2.75) is 90.1 Å². The molecular formula is C15H32O2Si. The molecule has 2 atom stereocenters. The monoisotopic (exact) mass is 272 g/mol. The van der Waals surface area contributed by atoms with Crippen molar-refractivity contribution < 1.29 is 9.16 Å². The Bertz CT molecular complexity index is 245. The molecule has 0 aromatic heterocycles. The van der Waals surface area contributed by atoms with Crippen LogP contribution in [0.4, 0.5) is 0 Å². The van der Waals surface area contributed by atoms with Gasteiger partial charge in [-0.05, 0) is 37.4 Å². The third-order valence-corrected chi connectivity index (χ3v) is 9.01. The maximum atomic E-state index is 6.24. The molecule has 108 valence electrons. The van der Waals surface area contributed by atoms with Crippen molar-refractivity contribution in [3.05, 3.63) is 0 Å². The summed E-state index contributed by atoms with van der Waals surface area (Å²) < 4.78 is 12.3. The van der Waals surface area contributed by atoms with E-state index in [4.69, 9.17) is 9.16 Å². The largest absolute Gasteiger partial charge is 0.414 e. The predicted octanol–water partition coefficient (Wildman–Crippen LogP) is 4.75. The van der Waals surface area contributed by atoms with E-state index in [9.17, 15) is 0 Å². The molecule has 0 unspecified atom stereocenters. The average Bonchev–Trinajstić information content (AvgIpc) is 2.70. The summed E-state index contributed by atoms with van der Waals surface area (Å²) >= 11 is 0. The molecule has 0 aromatic carbocycles. The van der Waals surface area contributed by atoms with Crippen molar-refractivity contribution in [2.24, 2.45) is 0 Å². The minimum atomic E-state index is -1.60. The van der Waals surface area contributed by atoms with Crippen LogP contribution in [0.3, 0.4) is 0 Å². The molecule has 0 radical (unpaired) electrons. The van der Waals surface area contributed by atoms with E-state index in [0.717, 1.165) is 6.61 Å². The van der Waals surface area contributed by atoms with Gasteiger partial charge in [0, 0.05) is 0 Å². The van der Waals surface area contributed by atoms with Gasteiger partial charge in [-0.2, -0.15) is 0 Å². The molecular weight excluding hydrogens is 240 g/mol. The van der Waals surface area contributed by atoms with Crippen LogP contribution in [0, 0.1) is 0 Å². The van der Waals surface area contributed by atoms with Crippen molar-refractivity contribution in [3.8, 4) is 0 Å². The molecule has 0 saturated carbocycles. The topological polar surface area (TPSA) is 18.5 Å². The van der Waals surface area contributed by atoms with Crippen LogP contribution in [-0.2, 0) is 9.16 Å². The summed E-state index contributed by atoms with van der Waals surface area (Å²) in [6.45, 7) is 14.6. The Balaban J connectivity index is 2.29.